The van der Waals surface area contributed by atoms with Gasteiger partial charge in [0.25, 0.3) is 5.91 Å². The molecule has 29 heavy (non-hydrogen) atoms. The van der Waals surface area contributed by atoms with Crippen molar-refractivity contribution in [2.75, 3.05) is 0 Å². The second-order valence-electron chi connectivity index (χ2n) is 7.93. The maximum Gasteiger partial charge on any atom is 0.268 e. The Morgan fingerprint density at radius 1 is 1.10 bits per heavy atom. The average Bonchev–Trinajstić information content (AvgIpc) is 3.01. The zero-order valence-corrected chi connectivity index (χ0v) is 17.0. The molecule has 1 aliphatic carbocycles. The summed E-state index contributed by atoms with van der Waals surface area (Å²) in [6.45, 7) is 4.56. The molecule has 2 aromatic carbocycles. The molecule has 0 aliphatic heterocycles. The summed E-state index contributed by atoms with van der Waals surface area (Å²) in [5, 5.41) is 3.17. The first-order chi connectivity index (χ1) is 14.0. The van der Waals surface area contributed by atoms with Gasteiger partial charge in [-0.2, -0.15) is 0 Å². The second kappa shape index (κ2) is 8.24. The van der Waals surface area contributed by atoms with E-state index >= 15 is 0 Å². The molecule has 3 nitrogen and oxygen atoms in total. The predicted molar refractivity (Wildman–Crippen MR) is 114 cm³/mol. The molecule has 3 aromatic rings. The predicted octanol–water partition coefficient (Wildman–Crippen LogP) is 5.35. The summed E-state index contributed by atoms with van der Waals surface area (Å²) >= 11 is 0. The highest BCUT2D eigenvalue weighted by Gasteiger charge is 2.27. The first kappa shape index (κ1) is 19.4. The van der Waals surface area contributed by atoms with E-state index in [4.69, 9.17) is 0 Å². The molecule has 0 saturated carbocycles. The van der Waals surface area contributed by atoms with Crippen molar-refractivity contribution in [2.45, 2.75) is 52.1 Å². The lowest BCUT2D eigenvalue weighted by molar-refractivity contribution is 0.0930. The molecule has 1 unspecified atom stereocenters. The van der Waals surface area contributed by atoms with E-state index in [9.17, 15) is 9.18 Å². The van der Waals surface area contributed by atoms with Gasteiger partial charge in [-0.05, 0) is 73.9 Å². The third-order valence-electron chi connectivity index (χ3n) is 5.93. The molecule has 150 valence electrons. The Bertz CT molecular complexity index is 1020. The minimum Gasteiger partial charge on any atom is -0.344 e. The molecule has 0 saturated heterocycles. The molecule has 1 aromatic heterocycles. The first-order valence-electron chi connectivity index (χ1n) is 10.4. The number of carbonyl (C=O) groups is 1. The van der Waals surface area contributed by atoms with E-state index in [2.05, 4.69) is 9.88 Å². The zero-order chi connectivity index (χ0) is 20.4. The van der Waals surface area contributed by atoms with Crippen LogP contribution in [0.25, 0.3) is 0 Å². The van der Waals surface area contributed by atoms with Crippen molar-refractivity contribution in [3.05, 3.63) is 94.1 Å². The van der Waals surface area contributed by atoms with Crippen LogP contribution in [0, 0.1) is 12.7 Å². The van der Waals surface area contributed by atoms with Crippen molar-refractivity contribution in [1.82, 2.24) is 9.88 Å². The Labute approximate surface area is 171 Å². The summed E-state index contributed by atoms with van der Waals surface area (Å²) < 4.78 is 15.9. The summed E-state index contributed by atoms with van der Waals surface area (Å²) in [4.78, 5) is 13.3. The SMILES string of the molecule is Cc1c2c(n(Cc3cccc(F)c3)c1C(=O)NC(C)c1ccccc1)CCCC2. The van der Waals surface area contributed by atoms with Gasteiger partial charge in [-0.1, -0.05) is 42.5 Å². The number of benzene rings is 2. The van der Waals surface area contributed by atoms with Crippen LogP contribution in [-0.2, 0) is 19.4 Å². The van der Waals surface area contributed by atoms with Gasteiger partial charge in [-0.15, -0.1) is 0 Å². The van der Waals surface area contributed by atoms with Crippen molar-refractivity contribution in [3.8, 4) is 0 Å². The van der Waals surface area contributed by atoms with Gasteiger partial charge in [0.1, 0.15) is 11.5 Å². The van der Waals surface area contributed by atoms with Crippen molar-refractivity contribution in [3.63, 3.8) is 0 Å². The number of halogens is 1. The molecule has 0 spiro atoms. The summed E-state index contributed by atoms with van der Waals surface area (Å²) in [7, 11) is 0. The van der Waals surface area contributed by atoms with Crippen molar-refractivity contribution in [2.24, 2.45) is 0 Å². The minimum atomic E-state index is -0.246. The van der Waals surface area contributed by atoms with Gasteiger partial charge >= 0.3 is 0 Å². The van der Waals surface area contributed by atoms with Crippen LogP contribution in [0.4, 0.5) is 4.39 Å². The van der Waals surface area contributed by atoms with E-state index in [0.717, 1.165) is 42.4 Å². The standard InChI is InChI=1S/C25H27FN2O/c1-17-22-13-6-7-14-23(22)28(16-19-9-8-12-21(26)15-19)24(17)25(29)27-18(2)20-10-4-3-5-11-20/h3-5,8-12,15,18H,6-7,13-14,16H2,1-2H3,(H,27,29). The Balaban J connectivity index is 1.70. The number of nitrogens with zero attached hydrogens (tertiary/aromatic N) is 1. The highest BCUT2D eigenvalue weighted by atomic mass is 19.1. The van der Waals surface area contributed by atoms with E-state index in [1.807, 2.05) is 50.2 Å². The number of aromatic nitrogens is 1. The number of nitrogens with one attached hydrogen (secondary N) is 1. The molecule has 1 N–H and O–H groups in total. The van der Waals surface area contributed by atoms with Crippen LogP contribution in [-0.4, -0.2) is 10.5 Å². The molecule has 0 bridgehead atoms. The summed E-state index contributed by atoms with van der Waals surface area (Å²) in [5.41, 5.74) is 6.25. The van der Waals surface area contributed by atoms with E-state index in [1.165, 1.54) is 17.3 Å². The maximum absolute atomic E-state index is 13.7. The minimum absolute atomic E-state index is 0.0651. The van der Waals surface area contributed by atoms with Gasteiger partial charge in [-0.3, -0.25) is 4.79 Å². The Kier molecular flexibility index (Phi) is 5.52. The van der Waals surface area contributed by atoms with Crippen molar-refractivity contribution >= 4 is 5.91 Å². The van der Waals surface area contributed by atoms with Crippen LogP contribution in [0.5, 0.6) is 0 Å². The Hall–Kier alpha value is -2.88. The molecular weight excluding hydrogens is 363 g/mol. The molecule has 1 heterocycles. The lowest BCUT2D eigenvalue weighted by Gasteiger charge is -2.19. The first-order valence-corrected chi connectivity index (χ1v) is 10.4. The smallest absolute Gasteiger partial charge is 0.268 e. The van der Waals surface area contributed by atoms with Crippen molar-refractivity contribution < 1.29 is 9.18 Å². The summed E-state index contributed by atoms with van der Waals surface area (Å²) in [5.74, 6) is -0.311. The fraction of sp³-hybridized carbons (Fsp3) is 0.320. The average molecular weight is 391 g/mol. The Morgan fingerprint density at radius 3 is 2.62 bits per heavy atom. The molecular formula is C25H27FN2O. The lowest BCUT2D eigenvalue weighted by Crippen LogP contribution is -2.29. The van der Waals surface area contributed by atoms with E-state index < -0.39 is 0 Å². The van der Waals surface area contributed by atoms with Crippen LogP contribution >= 0.6 is 0 Å². The highest BCUT2D eigenvalue weighted by molar-refractivity contribution is 5.95. The van der Waals surface area contributed by atoms with Crippen LogP contribution in [0.15, 0.2) is 54.6 Å². The number of rotatable bonds is 5. The third-order valence-corrected chi connectivity index (χ3v) is 5.93. The molecule has 1 aliphatic rings. The summed E-state index contributed by atoms with van der Waals surface area (Å²) in [6, 6.07) is 16.5. The van der Waals surface area contributed by atoms with Crippen LogP contribution in [0.3, 0.4) is 0 Å². The van der Waals surface area contributed by atoms with Crippen molar-refractivity contribution in [1.29, 1.82) is 0 Å². The van der Waals surface area contributed by atoms with Gasteiger partial charge in [0.15, 0.2) is 0 Å². The summed E-state index contributed by atoms with van der Waals surface area (Å²) in [6.07, 6.45) is 4.25. The van der Waals surface area contributed by atoms with Crippen LogP contribution < -0.4 is 5.32 Å². The fourth-order valence-electron chi connectivity index (χ4n) is 4.45. The molecule has 0 fully saturated rings. The lowest BCUT2D eigenvalue weighted by atomic mass is 9.95. The van der Waals surface area contributed by atoms with E-state index in [1.54, 1.807) is 12.1 Å². The van der Waals surface area contributed by atoms with E-state index in [-0.39, 0.29) is 17.8 Å². The zero-order valence-electron chi connectivity index (χ0n) is 17.0. The molecule has 4 rings (SSSR count). The number of fused-ring (bicyclic) bond motifs is 1. The molecule has 1 atom stereocenters. The topological polar surface area (TPSA) is 34.0 Å². The quantitative estimate of drug-likeness (QED) is 0.626. The number of amides is 1. The van der Waals surface area contributed by atoms with Crippen LogP contribution in [0.1, 0.15) is 64.2 Å². The maximum atomic E-state index is 13.7. The number of hydrogen-bond donors (Lipinski definition) is 1. The molecule has 4 heteroatoms. The molecule has 0 radical (unpaired) electrons. The van der Waals surface area contributed by atoms with Gasteiger partial charge in [0.2, 0.25) is 0 Å². The second-order valence-corrected chi connectivity index (χ2v) is 7.93. The number of hydrogen-bond acceptors (Lipinski definition) is 1. The largest absolute Gasteiger partial charge is 0.344 e. The normalized spacial score (nSPS) is 14.3. The number of carbonyl (C=O) groups excluding carboxylic acids is 1. The fourth-order valence-corrected chi connectivity index (χ4v) is 4.45. The Morgan fingerprint density at radius 2 is 1.86 bits per heavy atom. The van der Waals surface area contributed by atoms with E-state index in [0.29, 0.717) is 12.2 Å². The third kappa shape index (κ3) is 3.98. The molecule has 1 amide bonds. The van der Waals surface area contributed by atoms with Gasteiger partial charge in [-0.25, -0.2) is 4.39 Å². The van der Waals surface area contributed by atoms with Gasteiger partial charge in [0, 0.05) is 12.2 Å². The van der Waals surface area contributed by atoms with Gasteiger partial charge < -0.3 is 9.88 Å². The van der Waals surface area contributed by atoms with Gasteiger partial charge in [0.05, 0.1) is 6.04 Å². The highest BCUT2D eigenvalue weighted by Crippen LogP contribution is 2.31. The monoisotopic (exact) mass is 390 g/mol. The van der Waals surface area contributed by atoms with Crippen LogP contribution in [0.2, 0.25) is 0 Å².